The van der Waals surface area contributed by atoms with Gasteiger partial charge < -0.3 is 10.4 Å². The molecule has 0 aromatic carbocycles. The maximum Gasteiger partial charge on any atom is 0.328 e. The van der Waals surface area contributed by atoms with Crippen LogP contribution in [0.4, 0.5) is 5.69 Å². The Morgan fingerprint density at radius 2 is 2.05 bits per heavy atom. The predicted octanol–water partition coefficient (Wildman–Crippen LogP) is 1.89. The third-order valence-corrected chi connectivity index (χ3v) is 3.05. The number of hydrogen-bond donors (Lipinski definition) is 2. The summed E-state index contributed by atoms with van der Waals surface area (Å²) in [5.74, 6) is -1.39. The van der Waals surface area contributed by atoms with Gasteiger partial charge in [0, 0.05) is 6.08 Å². The molecule has 2 aromatic heterocycles. The molecule has 0 unspecified atom stereocenters. The molecule has 2 N–H and O–H groups in total. The largest absolute Gasteiger partial charge is 0.478 e. The number of aromatic nitrogens is 2. The van der Waals surface area contributed by atoms with E-state index in [1.165, 1.54) is 36.1 Å². The Kier molecular flexibility index (Phi) is 3.99. The molecular formula is C12H9N3O3S. The molecule has 2 heterocycles. The number of amides is 1. The highest BCUT2D eigenvalue weighted by Gasteiger charge is 2.12. The monoisotopic (exact) mass is 275 g/mol. The number of rotatable bonds is 4. The quantitative estimate of drug-likeness (QED) is 0.831. The summed E-state index contributed by atoms with van der Waals surface area (Å²) in [5, 5.41) is 12.9. The van der Waals surface area contributed by atoms with Gasteiger partial charge in [0.05, 0.1) is 23.0 Å². The van der Waals surface area contributed by atoms with E-state index in [1.807, 2.05) is 0 Å². The average molecular weight is 275 g/mol. The van der Waals surface area contributed by atoms with Crippen LogP contribution >= 0.6 is 11.3 Å². The molecule has 0 spiro atoms. The second kappa shape index (κ2) is 5.87. The van der Waals surface area contributed by atoms with Crippen LogP contribution in [0.3, 0.4) is 0 Å². The van der Waals surface area contributed by atoms with E-state index < -0.39 is 5.97 Å². The molecule has 19 heavy (non-hydrogen) atoms. The molecule has 0 aliphatic carbocycles. The number of nitrogens with zero attached hydrogens (tertiary/aromatic N) is 2. The predicted molar refractivity (Wildman–Crippen MR) is 71.0 cm³/mol. The van der Waals surface area contributed by atoms with Crippen LogP contribution in [0.5, 0.6) is 0 Å². The lowest BCUT2D eigenvalue weighted by Crippen LogP contribution is -2.11. The molecule has 2 aromatic rings. The summed E-state index contributed by atoms with van der Waals surface area (Å²) >= 11 is 1.23. The van der Waals surface area contributed by atoms with E-state index in [1.54, 1.807) is 11.4 Å². The molecule has 0 bridgehead atoms. The lowest BCUT2D eigenvalue weighted by molar-refractivity contribution is -0.131. The molecule has 2 rings (SSSR count). The van der Waals surface area contributed by atoms with Gasteiger partial charge in [-0.2, -0.15) is 0 Å². The highest BCUT2D eigenvalue weighted by atomic mass is 32.1. The van der Waals surface area contributed by atoms with Crippen molar-refractivity contribution in [3.05, 3.63) is 46.7 Å². The van der Waals surface area contributed by atoms with Gasteiger partial charge in [-0.15, -0.1) is 11.3 Å². The fraction of sp³-hybridized carbons (Fsp3) is 0. The molecule has 0 radical (unpaired) electrons. The number of aliphatic carboxylic acids is 1. The standard InChI is InChI=1S/C12H9N3O3S/c16-10(17)2-1-8-3-4-19-11(8)12(18)15-9-5-13-7-14-6-9/h1-7H,(H,15,18)(H,16,17)/b2-1+. The van der Waals surface area contributed by atoms with Gasteiger partial charge >= 0.3 is 5.97 Å². The lowest BCUT2D eigenvalue weighted by atomic mass is 10.2. The van der Waals surface area contributed by atoms with Crippen molar-refractivity contribution < 1.29 is 14.7 Å². The number of anilines is 1. The van der Waals surface area contributed by atoms with E-state index in [2.05, 4.69) is 15.3 Å². The van der Waals surface area contributed by atoms with Crippen molar-refractivity contribution in [3.63, 3.8) is 0 Å². The molecule has 96 valence electrons. The number of hydrogen-bond acceptors (Lipinski definition) is 5. The smallest absolute Gasteiger partial charge is 0.328 e. The van der Waals surface area contributed by atoms with Gasteiger partial charge in [0.15, 0.2) is 0 Å². The van der Waals surface area contributed by atoms with Gasteiger partial charge in [-0.25, -0.2) is 14.8 Å². The summed E-state index contributed by atoms with van der Waals surface area (Å²) in [6, 6.07) is 1.68. The molecule has 0 saturated carbocycles. The van der Waals surface area contributed by atoms with Crippen LogP contribution in [0.15, 0.2) is 36.2 Å². The van der Waals surface area contributed by atoms with Crippen molar-refractivity contribution in [2.45, 2.75) is 0 Å². The molecule has 0 fully saturated rings. The van der Waals surface area contributed by atoms with Crippen LogP contribution in [0.2, 0.25) is 0 Å². The van der Waals surface area contributed by atoms with Crippen LogP contribution in [0, 0.1) is 0 Å². The Morgan fingerprint density at radius 1 is 1.32 bits per heavy atom. The van der Waals surface area contributed by atoms with Gasteiger partial charge in [-0.1, -0.05) is 0 Å². The van der Waals surface area contributed by atoms with Crippen molar-refractivity contribution in [1.29, 1.82) is 0 Å². The van der Waals surface area contributed by atoms with Crippen LogP contribution in [0.1, 0.15) is 15.2 Å². The van der Waals surface area contributed by atoms with E-state index in [0.29, 0.717) is 16.1 Å². The van der Waals surface area contributed by atoms with Crippen molar-refractivity contribution in [1.82, 2.24) is 9.97 Å². The van der Waals surface area contributed by atoms with Gasteiger partial charge in [-0.3, -0.25) is 4.79 Å². The highest BCUT2D eigenvalue weighted by Crippen LogP contribution is 2.19. The van der Waals surface area contributed by atoms with E-state index in [0.717, 1.165) is 6.08 Å². The fourth-order valence-corrected chi connectivity index (χ4v) is 2.13. The Hall–Kier alpha value is -2.54. The molecule has 0 aliphatic heterocycles. The molecule has 0 atom stereocenters. The molecular weight excluding hydrogens is 266 g/mol. The molecule has 1 amide bonds. The lowest BCUT2D eigenvalue weighted by Gasteiger charge is -2.02. The van der Waals surface area contributed by atoms with Crippen LogP contribution in [0.25, 0.3) is 6.08 Å². The topological polar surface area (TPSA) is 92.2 Å². The molecule has 0 saturated heterocycles. The van der Waals surface area contributed by atoms with Crippen molar-refractivity contribution >= 4 is 35.0 Å². The maximum absolute atomic E-state index is 12.0. The normalized spacial score (nSPS) is 10.5. The van der Waals surface area contributed by atoms with E-state index in [-0.39, 0.29) is 5.91 Å². The zero-order valence-electron chi connectivity index (χ0n) is 9.61. The first-order valence-electron chi connectivity index (χ1n) is 5.21. The fourth-order valence-electron chi connectivity index (χ4n) is 1.35. The third kappa shape index (κ3) is 3.46. The first kappa shape index (κ1) is 12.9. The number of thiophene rings is 1. The minimum absolute atomic E-state index is 0.324. The Labute approximate surface area is 112 Å². The first-order chi connectivity index (χ1) is 9.16. The summed E-state index contributed by atoms with van der Waals surface area (Å²) in [6.07, 6.45) is 6.69. The van der Waals surface area contributed by atoms with Crippen molar-refractivity contribution in [3.8, 4) is 0 Å². The Morgan fingerprint density at radius 3 is 2.74 bits per heavy atom. The number of carbonyl (C=O) groups is 2. The number of nitrogens with one attached hydrogen (secondary N) is 1. The van der Waals surface area contributed by atoms with Gasteiger partial charge in [0.1, 0.15) is 6.33 Å². The minimum Gasteiger partial charge on any atom is -0.478 e. The molecule has 7 heteroatoms. The number of carbonyl (C=O) groups excluding carboxylic acids is 1. The summed E-state index contributed by atoms with van der Waals surface area (Å²) in [5.41, 5.74) is 1.04. The second-order valence-electron chi connectivity index (χ2n) is 3.46. The SMILES string of the molecule is O=C(O)/C=C/c1ccsc1C(=O)Nc1cncnc1. The van der Waals surface area contributed by atoms with Crippen LogP contribution in [-0.2, 0) is 4.79 Å². The van der Waals surface area contributed by atoms with Crippen LogP contribution in [-0.4, -0.2) is 27.0 Å². The summed E-state index contributed by atoms with van der Waals surface area (Å²) in [7, 11) is 0. The average Bonchev–Trinajstić information content (AvgIpc) is 2.86. The first-order valence-corrected chi connectivity index (χ1v) is 6.09. The highest BCUT2D eigenvalue weighted by molar-refractivity contribution is 7.12. The number of carboxylic acids is 1. The van der Waals surface area contributed by atoms with Crippen molar-refractivity contribution in [2.75, 3.05) is 5.32 Å². The van der Waals surface area contributed by atoms with Gasteiger partial charge in [0.2, 0.25) is 0 Å². The second-order valence-corrected chi connectivity index (χ2v) is 4.37. The van der Waals surface area contributed by atoms with Gasteiger partial charge in [-0.05, 0) is 23.1 Å². The van der Waals surface area contributed by atoms with Gasteiger partial charge in [0.25, 0.3) is 5.91 Å². The zero-order chi connectivity index (χ0) is 13.7. The van der Waals surface area contributed by atoms with E-state index in [9.17, 15) is 9.59 Å². The zero-order valence-corrected chi connectivity index (χ0v) is 10.4. The minimum atomic E-state index is -1.06. The summed E-state index contributed by atoms with van der Waals surface area (Å²) in [6.45, 7) is 0. The van der Waals surface area contributed by atoms with Crippen LogP contribution < -0.4 is 5.32 Å². The molecule has 6 nitrogen and oxygen atoms in total. The molecule has 0 aliphatic rings. The Balaban J connectivity index is 2.16. The third-order valence-electron chi connectivity index (χ3n) is 2.13. The van der Waals surface area contributed by atoms with E-state index in [4.69, 9.17) is 5.11 Å². The maximum atomic E-state index is 12.0. The van der Waals surface area contributed by atoms with E-state index >= 15 is 0 Å². The number of carboxylic acid groups (broad SMARTS) is 1. The van der Waals surface area contributed by atoms with Crippen molar-refractivity contribution in [2.24, 2.45) is 0 Å². The summed E-state index contributed by atoms with van der Waals surface area (Å²) < 4.78 is 0. The summed E-state index contributed by atoms with van der Waals surface area (Å²) in [4.78, 5) is 30.5. The Bertz CT molecular complexity index is 622.